The van der Waals surface area contributed by atoms with E-state index in [0.717, 1.165) is 43.6 Å². The van der Waals surface area contributed by atoms with Gasteiger partial charge in [-0.05, 0) is 61.3 Å². The Kier molecular flexibility index (Phi) is 14.3. The van der Waals surface area contributed by atoms with Crippen LogP contribution in [0.15, 0.2) is 76.7 Å². The summed E-state index contributed by atoms with van der Waals surface area (Å²) in [6.45, 7) is 4.11. The number of hydrogen-bond acceptors (Lipinski definition) is 14. The van der Waals surface area contributed by atoms with Crippen LogP contribution >= 0.6 is 22.3 Å². The van der Waals surface area contributed by atoms with Gasteiger partial charge in [-0.15, -0.1) is 0 Å². The Labute approximate surface area is 341 Å². The number of carbonyl (C=O) groups excluding carboxylic acids is 1. The normalized spacial score (nSPS) is 15.3. The zero-order valence-electron chi connectivity index (χ0n) is 31.7. The topological polar surface area (TPSA) is 201 Å². The fraction of sp³-hybridized carbons (Fsp3) is 0.361. The standard InChI is InChI=1S/C30H39ClN8O4S.C6H4ClNO4S/c1-36(2)28(40)20-38-11-9-21-17-25(26(43-4)18-22(21)10-12-38)34-30-32-19-23(31)29(35-30)33-24-7-5-6-8-27(24)44(41,42)39-15-13-37(3)14-16-39;7-13(11,12)6-4-2-1-3-5(6)8(9)10/h5-8,17-19H,9-16,20H2,1-4H3,(H2,32,33,34,35);1-4H. The number of fused-ring (bicyclic) bond motifs is 1. The average molecular weight is 865 g/mol. The number of para-hydroxylation sites is 2. The first-order chi connectivity index (χ1) is 27.0. The van der Waals surface area contributed by atoms with Crippen molar-refractivity contribution in [1.82, 2.24) is 29.0 Å². The van der Waals surface area contributed by atoms with Gasteiger partial charge in [0, 0.05) is 70.1 Å². The number of methoxy groups -OCH3 is 1. The zero-order chi connectivity index (χ0) is 41.5. The number of likely N-dealkylation sites (N-methyl/N-ethyl adjacent to an activating group) is 2. The predicted octanol–water partition coefficient (Wildman–Crippen LogP) is 4.57. The van der Waals surface area contributed by atoms with Crippen LogP contribution in [0.4, 0.5) is 28.8 Å². The summed E-state index contributed by atoms with van der Waals surface area (Å²) in [5, 5.41) is 17.0. The summed E-state index contributed by atoms with van der Waals surface area (Å²) in [6, 6.07) is 15.7. The number of aromatic nitrogens is 2. The Morgan fingerprint density at radius 2 is 1.53 bits per heavy atom. The quantitative estimate of drug-likeness (QED) is 0.121. The number of ether oxygens (including phenoxy) is 1. The van der Waals surface area contributed by atoms with Gasteiger partial charge in [0.15, 0.2) is 10.7 Å². The van der Waals surface area contributed by atoms with Crippen LogP contribution in [0.3, 0.4) is 0 Å². The number of hydrogen-bond donors (Lipinski definition) is 2. The number of sulfonamides is 1. The first-order valence-corrected chi connectivity index (χ1v) is 21.7. The van der Waals surface area contributed by atoms with Crippen LogP contribution in [0, 0.1) is 10.1 Å². The molecule has 306 valence electrons. The molecule has 0 radical (unpaired) electrons. The van der Waals surface area contributed by atoms with E-state index in [0.29, 0.717) is 49.8 Å². The van der Waals surface area contributed by atoms with E-state index in [-0.39, 0.29) is 27.6 Å². The molecule has 2 aliphatic rings. The lowest BCUT2D eigenvalue weighted by molar-refractivity contribution is -0.387. The molecule has 0 bridgehead atoms. The molecule has 0 unspecified atom stereocenters. The van der Waals surface area contributed by atoms with Crippen molar-refractivity contribution in [2.45, 2.75) is 22.6 Å². The average Bonchev–Trinajstić information content (AvgIpc) is 3.37. The minimum atomic E-state index is -4.05. The minimum Gasteiger partial charge on any atom is -0.495 e. The molecule has 21 heteroatoms. The monoisotopic (exact) mass is 863 g/mol. The van der Waals surface area contributed by atoms with E-state index in [9.17, 15) is 31.7 Å². The van der Waals surface area contributed by atoms with E-state index in [1.807, 2.05) is 19.2 Å². The van der Waals surface area contributed by atoms with E-state index in [1.54, 1.807) is 50.4 Å². The number of nitro benzene ring substituents is 1. The molecular weight excluding hydrogens is 821 g/mol. The number of nitrogens with one attached hydrogen (secondary N) is 2. The molecule has 3 heterocycles. The number of benzene rings is 3. The molecular formula is C36H43Cl2N9O8S2. The minimum absolute atomic E-state index is 0.0831. The number of carbonyl (C=O) groups is 1. The highest BCUT2D eigenvalue weighted by Crippen LogP contribution is 2.34. The molecule has 0 saturated carbocycles. The lowest BCUT2D eigenvalue weighted by atomic mass is 10.0. The van der Waals surface area contributed by atoms with Gasteiger partial charge in [0.05, 0.1) is 36.1 Å². The van der Waals surface area contributed by atoms with Gasteiger partial charge < -0.3 is 25.2 Å². The number of piperazine rings is 1. The highest BCUT2D eigenvalue weighted by atomic mass is 35.7. The molecule has 57 heavy (non-hydrogen) atoms. The van der Waals surface area contributed by atoms with Crippen molar-refractivity contribution in [2.24, 2.45) is 0 Å². The second-order valence-corrected chi connectivity index (χ2v) is 18.2. The number of nitro groups is 1. The molecule has 0 aliphatic carbocycles. The molecule has 2 aliphatic heterocycles. The summed E-state index contributed by atoms with van der Waals surface area (Å²) >= 11 is 6.48. The Bertz CT molecular complexity index is 2330. The van der Waals surface area contributed by atoms with Crippen LogP contribution in [0.2, 0.25) is 5.02 Å². The number of amides is 1. The molecule has 1 amide bonds. The molecule has 6 rings (SSSR count). The molecule has 4 aromatic rings. The summed E-state index contributed by atoms with van der Waals surface area (Å²) in [5.74, 6) is 1.25. The predicted molar refractivity (Wildman–Crippen MR) is 218 cm³/mol. The molecule has 17 nitrogen and oxygen atoms in total. The van der Waals surface area contributed by atoms with Gasteiger partial charge in [-0.2, -0.15) is 9.29 Å². The van der Waals surface area contributed by atoms with E-state index in [1.165, 1.54) is 28.2 Å². The van der Waals surface area contributed by atoms with Crippen molar-refractivity contribution < 1.29 is 31.3 Å². The van der Waals surface area contributed by atoms with Gasteiger partial charge in [-0.25, -0.2) is 21.8 Å². The van der Waals surface area contributed by atoms with Crippen molar-refractivity contribution in [3.8, 4) is 5.75 Å². The molecule has 1 aromatic heterocycles. The Hall–Kier alpha value is -4.63. The summed E-state index contributed by atoms with van der Waals surface area (Å²) in [7, 11) is 4.32. The number of rotatable bonds is 11. The van der Waals surface area contributed by atoms with Crippen LogP contribution in [0.5, 0.6) is 5.75 Å². The maximum Gasteiger partial charge on any atom is 0.289 e. The lowest BCUT2D eigenvalue weighted by Gasteiger charge is -2.32. The van der Waals surface area contributed by atoms with Gasteiger partial charge in [0.25, 0.3) is 14.7 Å². The lowest BCUT2D eigenvalue weighted by Crippen LogP contribution is -2.47. The Balaban J connectivity index is 0.000000405. The van der Waals surface area contributed by atoms with Crippen molar-refractivity contribution in [3.63, 3.8) is 0 Å². The smallest absolute Gasteiger partial charge is 0.289 e. The van der Waals surface area contributed by atoms with Gasteiger partial charge in [-0.3, -0.25) is 19.8 Å². The fourth-order valence-electron chi connectivity index (χ4n) is 6.10. The van der Waals surface area contributed by atoms with Crippen LogP contribution in [0.1, 0.15) is 11.1 Å². The number of anilines is 4. The van der Waals surface area contributed by atoms with Crippen LogP contribution in [-0.4, -0.2) is 131 Å². The van der Waals surface area contributed by atoms with Gasteiger partial charge in [0.2, 0.25) is 21.9 Å². The number of nitrogens with zero attached hydrogens (tertiary/aromatic N) is 7. The first kappa shape index (κ1) is 43.5. The van der Waals surface area contributed by atoms with E-state index in [2.05, 4.69) is 30.4 Å². The van der Waals surface area contributed by atoms with Gasteiger partial charge >= 0.3 is 0 Å². The van der Waals surface area contributed by atoms with E-state index in [4.69, 9.17) is 27.0 Å². The van der Waals surface area contributed by atoms with Gasteiger partial charge in [0.1, 0.15) is 15.7 Å². The Morgan fingerprint density at radius 3 is 2.12 bits per heavy atom. The summed E-state index contributed by atoms with van der Waals surface area (Å²) in [6.07, 6.45) is 3.04. The molecule has 1 saturated heterocycles. The van der Waals surface area contributed by atoms with Crippen LogP contribution in [0.25, 0.3) is 0 Å². The van der Waals surface area contributed by atoms with Crippen molar-refractivity contribution in [1.29, 1.82) is 0 Å². The highest BCUT2D eigenvalue weighted by Gasteiger charge is 2.30. The van der Waals surface area contributed by atoms with Crippen LogP contribution in [-0.2, 0) is 36.7 Å². The van der Waals surface area contributed by atoms with E-state index >= 15 is 0 Å². The first-order valence-electron chi connectivity index (χ1n) is 17.6. The highest BCUT2D eigenvalue weighted by molar-refractivity contribution is 8.13. The van der Waals surface area contributed by atoms with Crippen LogP contribution < -0.4 is 15.4 Å². The van der Waals surface area contributed by atoms with Crippen molar-refractivity contribution >= 4 is 76.1 Å². The fourth-order valence-corrected chi connectivity index (χ4v) is 8.83. The third-order valence-electron chi connectivity index (χ3n) is 9.31. The molecule has 2 N–H and O–H groups in total. The summed E-state index contributed by atoms with van der Waals surface area (Å²) < 4.78 is 56.0. The summed E-state index contributed by atoms with van der Waals surface area (Å²) in [4.78, 5) is 36.3. The molecule has 3 aromatic carbocycles. The molecule has 0 atom stereocenters. The zero-order valence-corrected chi connectivity index (χ0v) is 34.8. The molecule has 0 spiro atoms. The number of halogens is 2. The van der Waals surface area contributed by atoms with E-state index < -0.39 is 34.6 Å². The third-order valence-corrected chi connectivity index (χ3v) is 12.9. The second-order valence-electron chi connectivity index (χ2n) is 13.4. The van der Waals surface area contributed by atoms with Crippen molar-refractivity contribution in [3.05, 3.63) is 93.1 Å². The summed E-state index contributed by atoms with van der Waals surface area (Å²) in [5.41, 5.74) is 2.87. The molecule has 1 fully saturated rings. The SMILES string of the molecule is COc1cc2c(cc1Nc1ncc(Cl)c(Nc3ccccc3S(=O)(=O)N3CCN(C)CC3)n1)CCN(CC(=O)N(C)C)CC2.O=[N+]([O-])c1ccccc1S(=O)(=O)Cl. The van der Waals surface area contributed by atoms with Crippen molar-refractivity contribution in [2.75, 3.05) is 84.7 Å². The maximum atomic E-state index is 13.6. The largest absolute Gasteiger partial charge is 0.495 e. The third kappa shape index (κ3) is 11.1. The van der Waals surface area contributed by atoms with Gasteiger partial charge in [-0.1, -0.05) is 35.9 Å². The maximum absolute atomic E-state index is 13.6. The Morgan fingerprint density at radius 1 is 0.912 bits per heavy atom. The second kappa shape index (κ2) is 18.8.